The first kappa shape index (κ1) is 23.7. The molecular weight excluding hydrogens is 464 g/mol. The number of phenols is 1. The molecular formula is C30H28N4OS. The van der Waals surface area contributed by atoms with Crippen LogP contribution in [0.25, 0.3) is 11.0 Å². The first-order chi connectivity index (χ1) is 17.7. The van der Waals surface area contributed by atoms with Crippen LogP contribution in [0.5, 0.6) is 5.75 Å². The summed E-state index contributed by atoms with van der Waals surface area (Å²) in [7, 11) is 0. The number of anilines is 3. The van der Waals surface area contributed by atoms with Crippen LogP contribution in [0.15, 0.2) is 107 Å². The Morgan fingerprint density at radius 3 is 2.50 bits per heavy atom. The molecule has 3 N–H and O–H groups in total. The molecule has 0 amide bonds. The quantitative estimate of drug-likeness (QED) is 0.195. The zero-order valence-electron chi connectivity index (χ0n) is 20.1. The van der Waals surface area contributed by atoms with Crippen molar-refractivity contribution >= 4 is 39.9 Å². The van der Waals surface area contributed by atoms with Crippen LogP contribution in [-0.4, -0.2) is 15.1 Å². The molecule has 2 heterocycles. The lowest BCUT2D eigenvalue weighted by atomic mass is 10.1. The first-order valence-corrected chi connectivity index (χ1v) is 12.9. The highest BCUT2D eigenvalue weighted by Crippen LogP contribution is 2.38. The highest BCUT2D eigenvalue weighted by molar-refractivity contribution is 7.99. The average Bonchev–Trinajstić information content (AvgIpc) is 2.91. The summed E-state index contributed by atoms with van der Waals surface area (Å²) in [5.74, 6) is 0.261. The Labute approximate surface area is 215 Å². The van der Waals surface area contributed by atoms with Crippen molar-refractivity contribution in [2.24, 2.45) is 0 Å². The van der Waals surface area contributed by atoms with E-state index >= 15 is 0 Å². The van der Waals surface area contributed by atoms with E-state index in [1.807, 2.05) is 24.3 Å². The number of aromatic hydroxyl groups is 1. The molecule has 0 bridgehead atoms. The Morgan fingerprint density at radius 2 is 1.69 bits per heavy atom. The molecule has 0 radical (unpaired) electrons. The van der Waals surface area contributed by atoms with Gasteiger partial charge in [-0.05, 0) is 72.6 Å². The summed E-state index contributed by atoms with van der Waals surface area (Å²) in [6.45, 7) is 2.90. The van der Waals surface area contributed by atoms with Crippen molar-refractivity contribution in [1.82, 2.24) is 9.97 Å². The van der Waals surface area contributed by atoms with Gasteiger partial charge in [0.2, 0.25) is 0 Å². The highest BCUT2D eigenvalue weighted by Gasteiger charge is 2.11. The predicted octanol–water partition coefficient (Wildman–Crippen LogP) is 7.79. The number of phenolic OH excluding ortho intramolecular Hbond substituents is 1. The molecule has 0 unspecified atom stereocenters. The summed E-state index contributed by atoms with van der Waals surface area (Å²) in [6, 6.07) is 30.2. The molecule has 5 rings (SSSR count). The zero-order chi connectivity index (χ0) is 24.7. The van der Waals surface area contributed by atoms with E-state index in [9.17, 15) is 5.11 Å². The second kappa shape index (κ2) is 11.1. The molecule has 0 aliphatic rings. The van der Waals surface area contributed by atoms with E-state index in [0.717, 1.165) is 63.0 Å². The Hall–Kier alpha value is -4.03. The number of nitrogens with one attached hydrogen (secondary N) is 2. The molecule has 36 heavy (non-hydrogen) atoms. The summed E-state index contributed by atoms with van der Waals surface area (Å²) in [5, 5.41) is 17.8. The van der Waals surface area contributed by atoms with Crippen molar-refractivity contribution in [3.63, 3.8) is 0 Å². The van der Waals surface area contributed by atoms with Crippen molar-refractivity contribution in [2.45, 2.75) is 36.1 Å². The molecule has 0 saturated carbocycles. The van der Waals surface area contributed by atoms with E-state index in [1.165, 1.54) is 5.56 Å². The summed E-state index contributed by atoms with van der Waals surface area (Å²) < 4.78 is 0. The van der Waals surface area contributed by atoms with Crippen LogP contribution >= 0.6 is 11.8 Å². The SMILES string of the molecule is CCCc1ccc2c(Nc3cc(NCc4ccccc4)ccc3Sc3ccc(O)cc3)ccnc2n1. The molecule has 2 aromatic heterocycles. The molecule has 0 atom stereocenters. The van der Waals surface area contributed by atoms with Crippen LogP contribution in [0.3, 0.4) is 0 Å². The Morgan fingerprint density at radius 1 is 0.861 bits per heavy atom. The number of fused-ring (bicyclic) bond motifs is 1. The molecule has 3 aromatic carbocycles. The monoisotopic (exact) mass is 492 g/mol. The van der Waals surface area contributed by atoms with Gasteiger partial charge in [-0.1, -0.05) is 55.4 Å². The molecule has 0 aliphatic heterocycles. The van der Waals surface area contributed by atoms with Gasteiger partial charge in [-0.15, -0.1) is 0 Å². The zero-order valence-corrected chi connectivity index (χ0v) is 20.9. The number of aromatic nitrogens is 2. The third-order valence-electron chi connectivity index (χ3n) is 5.82. The maximum Gasteiger partial charge on any atom is 0.161 e. The smallest absolute Gasteiger partial charge is 0.161 e. The maximum absolute atomic E-state index is 9.67. The number of pyridine rings is 2. The lowest BCUT2D eigenvalue weighted by molar-refractivity contribution is 0.475. The Bertz CT molecular complexity index is 1460. The van der Waals surface area contributed by atoms with Crippen molar-refractivity contribution < 1.29 is 5.11 Å². The third kappa shape index (κ3) is 5.78. The van der Waals surface area contributed by atoms with Crippen molar-refractivity contribution in [3.05, 3.63) is 108 Å². The van der Waals surface area contributed by atoms with E-state index in [0.29, 0.717) is 0 Å². The van der Waals surface area contributed by atoms with Gasteiger partial charge in [-0.3, -0.25) is 0 Å². The fourth-order valence-electron chi connectivity index (χ4n) is 3.99. The second-order valence-corrected chi connectivity index (χ2v) is 9.67. The fourth-order valence-corrected chi connectivity index (χ4v) is 4.87. The second-order valence-electron chi connectivity index (χ2n) is 8.55. The summed E-state index contributed by atoms with van der Waals surface area (Å²) in [4.78, 5) is 11.4. The van der Waals surface area contributed by atoms with Gasteiger partial charge in [0.25, 0.3) is 0 Å². The molecule has 5 nitrogen and oxygen atoms in total. The van der Waals surface area contributed by atoms with Crippen LogP contribution in [-0.2, 0) is 13.0 Å². The topological polar surface area (TPSA) is 70.1 Å². The van der Waals surface area contributed by atoms with Crippen molar-refractivity contribution in [1.29, 1.82) is 0 Å². The van der Waals surface area contributed by atoms with Crippen LogP contribution in [0.4, 0.5) is 17.1 Å². The van der Waals surface area contributed by atoms with E-state index in [-0.39, 0.29) is 5.75 Å². The molecule has 180 valence electrons. The largest absolute Gasteiger partial charge is 0.508 e. The van der Waals surface area contributed by atoms with Crippen molar-refractivity contribution in [2.75, 3.05) is 10.6 Å². The van der Waals surface area contributed by atoms with Gasteiger partial charge in [0.05, 0.1) is 11.4 Å². The van der Waals surface area contributed by atoms with Crippen molar-refractivity contribution in [3.8, 4) is 5.75 Å². The molecule has 0 saturated heterocycles. The number of hydrogen-bond donors (Lipinski definition) is 3. The van der Waals surface area contributed by atoms with E-state index < -0.39 is 0 Å². The molecule has 0 aliphatic carbocycles. The van der Waals surface area contributed by atoms with Gasteiger partial charge >= 0.3 is 0 Å². The summed E-state index contributed by atoms with van der Waals surface area (Å²) in [6.07, 6.45) is 3.80. The minimum absolute atomic E-state index is 0.261. The standard InChI is InChI=1S/C30H28N4OS/c1-2-6-22-9-15-26-27(17-18-31-30(26)33-22)34-28-19-23(32-20-21-7-4-3-5-8-21)10-16-29(28)36-25-13-11-24(35)12-14-25/h3-5,7-19,32,35H,2,6,20H2,1H3,(H,31,33,34). The van der Waals surface area contributed by atoms with E-state index in [1.54, 1.807) is 30.1 Å². The van der Waals surface area contributed by atoms with Gasteiger partial charge in [-0.25, -0.2) is 9.97 Å². The van der Waals surface area contributed by atoms with Crippen LogP contribution < -0.4 is 10.6 Å². The number of hydrogen-bond acceptors (Lipinski definition) is 6. The van der Waals surface area contributed by atoms with Crippen LogP contribution in [0.1, 0.15) is 24.6 Å². The molecule has 0 spiro atoms. The molecule has 6 heteroatoms. The molecule has 5 aromatic rings. The normalized spacial score (nSPS) is 10.9. The van der Waals surface area contributed by atoms with Gasteiger partial charge in [0.1, 0.15) is 5.75 Å². The molecule has 0 fully saturated rings. The minimum atomic E-state index is 0.261. The number of aryl methyl sites for hydroxylation is 1. The van der Waals surface area contributed by atoms with Crippen LogP contribution in [0.2, 0.25) is 0 Å². The maximum atomic E-state index is 9.67. The van der Waals surface area contributed by atoms with E-state index in [4.69, 9.17) is 4.98 Å². The Kier molecular flexibility index (Phi) is 7.33. The van der Waals surface area contributed by atoms with E-state index in [2.05, 4.69) is 77.1 Å². The summed E-state index contributed by atoms with van der Waals surface area (Å²) in [5.41, 5.74) is 6.00. The summed E-state index contributed by atoms with van der Waals surface area (Å²) >= 11 is 1.65. The van der Waals surface area contributed by atoms with Gasteiger partial charge in [0, 0.05) is 39.3 Å². The predicted molar refractivity (Wildman–Crippen MR) is 149 cm³/mol. The van der Waals surface area contributed by atoms with Gasteiger partial charge in [0.15, 0.2) is 5.65 Å². The lowest BCUT2D eigenvalue weighted by Gasteiger charge is -2.16. The fraction of sp³-hybridized carbons (Fsp3) is 0.133. The minimum Gasteiger partial charge on any atom is -0.508 e. The van der Waals surface area contributed by atoms with Gasteiger partial charge in [-0.2, -0.15) is 0 Å². The number of rotatable bonds is 9. The number of nitrogens with zero attached hydrogens (tertiary/aromatic N) is 2. The Balaban J connectivity index is 1.47. The number of benzene rings is 3. The van der Waals surface area contributed by atoms with Gasteiger partial charge < -0.3 is 15.7 Å². The first-order valence-electron chi connectivity index (χ1n) is 12.1. The van der Waals surface area contributed by atoms with Crippen LogP contribution in [0, 0.1) is 0 Å². The lowest BCUT2D eigenvalue weighted by Crippen LogP contribution is -2.01. The average molecular weight is 493 g/mol. The highest BCUT2D eigenvalue weighted by atomic mass is 32.2. The third-order valence-corrected chi connectivity index (χ3v) is 6.90.